The minimum atomic E-state index is -0.435. The Morgan fingerprint density at radius 1 is 1.39 bits per heavy atom. The lowest BCUT2D eigenvalue weighted by molar-refractivity contribution is -0.136. The topological polar surface area (TPSA) is 84.6 Å². The van der Waals surface area contributed by atoms with Crippen LogP contribution in [0.5, 0.6) is 0 Å². The highest BCUT2D eigenvalue weighted by Gasteiger charge is 2.39. The van der Waals surface area contributed by atoms with E-state index in [0.717, 1.165) is 19.3 Å². The molecule has 2 rings (SSSR count). The molecule has 0 aromatic carbocycles. The number of hydrogen-bond donors (Lipinski definition) is 3. The predicted molar refractivity (Wildman–Crippen MR) is 67.9 cm³/mol. The highest BCUT2D eigenvalue weighted by Crippen LogP contribution is 2.30. The van der Waals surface area contributed by atoms with Crippen molar-refractivity contribution in [2.75, 3.05) is 26.3 Å². The monoisotopic (exact) mass is 256 g/mol. The normalized spacial score (nSPS) is 31.2. The van der Waals surface area contributed by atoms with Crippen molar-refractivity contribution in [1.29, 1.82) is 0 Å². The number of ether oxygens (including phenoxy) is 1. The third-order valence-corrected chi connectivity index (χ3v) is 4.39. The maximum atomic E-state index is 12.3. The van der Waals surface area contributed by atoms with Crippen LogP contribution in [-0.2, 0) is 9.53 Å². The number of aliphatic hydroxyl groups is 1. The Morgan fingerprint density at radius 3 is 2.67 bits per heavy atom. The second kappa shape index (κ2) is 5.99. The van der Waals surface area contributed by atoms with Crippen LogP contribution in [0.15, 0.2) is 0 Å². The molecule has 1 saturated heterocycles. The molecule has 2 aliphatic rings. The fraction of sp³-hybridized carbons (Fsp3) is 0.923. The molecule has 4 N–H and O–H groups in total. The smallest absolute Gasteiger partial charge is 0.227 e. The second-order valence-electron chi connectivity index (χ2n) is 5.64. The van der Waals surface area contributed by atoms with Crippen molar-refractivity contribution in [1.82, 2.24) is 5.32 Å². The summed E-state index contributed by atoms with van der Waals surface area (Å²) in [5, 5.41) is 12.5. The Kier molecular flexibility index (Phi) is 4.59. The second-order valence-corrected chi connectivity index (χ2v) is 5.64. The average molecular weight is 256 g/mol. The largest absolute Gasteiger partial charge is 0.393 e. The van der Waals surface area contributed by atoms with Crippen LogP contribution in [0.2, 0.25) is 0 Å². The van der Waals surface area contributed by atoms with E-state index in [0.29, 0.717) is 45.1 Å². The van der Waals surface area contributed by atoms with Gasteiger partial charge in [0.05, 0.1) is 11.5 Å². The molecule has 0 aromatic heterocycles. The molecular formula is C13H24N2O3. The van der Waals surface area contributed by atoms with E-state index in [1.807, 2.05) is 0 Å². The summed E-state index contributed by atoms with van der Waals surface area (Å²) in [6.45, 7) is 2.29. The molecule has 1 saturated carbocycles. The highest BCUT2D eigenvalue weighted by atomic mass is 16.5. The minimum absolute atomic E-state index is 0.0645. The van der Waals surface area contributed by atoms with Gasteiger partial charge in [0.15, 0.2) is 0 Å². The molecule has 0 spiro atoms. The van der Waals surface area contributed by atoms with Crippen LogP contribution < -0.4 is 11.1 Å². The molecule has 2 unspecified atom stereocenters. The summed E-state index contributed by atoms with van der Waals surface area (Å²) in [4.78, 5) is 12.3. The number of hydrogen-bond acceptors (Lipinski definition) is 4. The first kappa shape index (κ1) is 13.8. The fourth-order valence-electron chi connectivity index (χ4n) is 2.94. The van der Waals surface area contributed by atoms with Gasteiger partial charge in [0.2, 0.25) is 5.91 Å². The molecule has 0 radical (unpaired) electrons. The van der Waals surface area contributed by atoms with E-state index >= 15 is 0 Å². The number of carbonyl (C=O) groups excluding carboxylic acids is 1. The molecule has 18 heavy (non-hydrogen) atoms. The van der Waals surface area contributed by atoms with Crippen molar-refractivity contribution in [3.05, 3.63) is 0 Å². The van der Waals surface area contributed by atoms with Gasteiger partial charge in [-0.15, -0.1) is 0 Å². The van der Waals surface area contributed by atoms with Crippen LogP contribution in [0, 0.1) is 11.3 Å². The van der Waals surface area contributed by atoms with Gasteiger partial charge in [0, 0.05) is 26.3 Å². The van der Waals surface area contributed by atoms with E-state index in [2.05, 4.69) is 5.32 Å². The van der Waals surface area contributed by atoms with Gasteiger partial charge in [-0.05, 0) is 38.0 Å². The van der Waals surface area contributed by atoms with Gasteiger partial charge in [0.1, 0.15) is 0 Å². The Labute approximate surface area is 108 Å². The Hall–Kier alpha value is -0.650. The van der Waals surface area contributed by atoms with E-state index < -0.39 is 5.41 Å². The summed E-state index contributed by atoms with van der Waals surface area (Å²) < 4.78 is 5.30. The number of nitrogens with one attached hydrogen (secondary N) is 1. The van der Waals surface area contributed by atoms with Crippen molar-refractivity contribution in [2.45, 2.75) is 38.2 Å². The van der Waals surface area contributed by atoms with Crippen LogP contribution in [0.3, 0.4) is 0 Å². The van der Waals surface area contributed by atoms with E-state index in [4.69, 9.17) is 10.5 Å². The number of carbonyl (C=O) groups is 1. The summed E-state index contributed by atoms with van der Waals surface area (Å²) in [6.07, 6.45) is 3.90. The minimum Gasteiger partial charge on any atom is -0.393 e. The molecule has 0 bridgehead atoms. The molecule has 1 aliphatic carbocycles. The van der Waals surface area contributed by atoms with Crippen LogP contribution in [0.1, 0.15) is 32.1 Å². The van der Waals surface area contributed by atoms with Gasteiger partial charge in [0.25, 0.3) is 0 Å². The van der Waals surface area contributed by atoms with Gasteiger partial charge in [-0.2, -0.15) is 0 Å². The molecule has 2 fully saturated rings. The van der Waals surface area contributed by atoms with Crippen LogP contribution in [0.4, 0.5) is 0 Å². The van der Waals surface area contributed by atoms with Crippen LogP contribution in [0.25, 0.3) is 0 Å². The molecule has 5 nitrogen and oxygen atoms in total. The lowest BCUT2D eigenvalue weighted by Crippen LogP contribution is -2.50. The van der Waals surface area contributed by atoms with Gasteiger partial charge in [-0.3, -0.25) is 4.79 Å². The summed E-state index contributed by atoms with van der Waals surface area (Å²) in [5.41, 5.74) is 5.35. The van der Waals surface area contributed by atoms with Crippen molar-refractivity contribution in [3.63, 3.8) is 0 Å². The Balaban J connectivity index is 1.82. The first-order valence-electron chi connectivity index (χ1n) is 6.90. The van der Waals surface area contributed by atoms with Crippen molar-refractivity contribution >= 4 is 5.91 Å². The van der Waals surface area contributed by atoms with Gasteiger partial charge in [-0.25, -0.2) is 0 Å². The lowest BCUT2D eigenvalue weighted by Gasteiger charge is -2.34. The standard InChI is InChI=1S/C13H24N2O3/c14-9-13(3-5-18-6-4-13)12(17)15-8-10-1-2-11(16)7-10/h10-11,16H,1-9,14H2,(H,15,17). The quantitative estimate of drug-likeness (QED) is 0.662. The lowest BCUT2D eigenvalue weighted by atomic mass is 9.79. The summed E-state index contributed by atoms with van der Waals surface area (Å²) in [6, 6.07) is 0. The zero-order valence-corrected chi connectivity index (χ0v) is 10.9. The Morgan fingerprint density at radius 2 is 2.11 bits per heavy atom. The number of nitrogens with two attached hydrogens (primary N) is 1. The maximum Gasteiger partial charge on any atom is 0.227 e. The molecule has 2 atom stereocenters. The van der Waals surface area contributed by atoms with Gasteiger partial charge in [-0.1, -0.05) is 0 Å². The van der Waals surface area contributed by atoms with Crippen LogP contribution in [-0.4, -0.2) is 43.4 Å². The van der Waals surface area contributed by atoms with Crippen molar-refractivity contribution in [3.8, 4) is 0 Å². The predicted octanol–water partition coefficient (Wildman–Crippen LogP) is 0.0191. The van der Waals surface area contributed by atoms with Crippen molar-refractivity contribution < 1.29 is 14.6 Å². The third-order valence-electron chi connectivity index (χ3n) is 4.39. The Bertz CT molecular complexity index is 290. The number of rotatable bonds is 4. The van der Waals surface area contributed by atoms with Crippen molar-refractivity contribution in [2.24, 2.45) is 17.1 Å². The molecule has 5 heteroatoms. The van der Waals surface area contributed by atoms with E-state index in [1.54, 1.807) is 0 Å². The maximum absolute atomic E-state index is 12.3. The molecule has 104 valence electrons. The van der Waals surface area contributed by atoms with Gasteiger partial charge < -0.3 is 20.9 Å². The van der Waals surface area contributed by atoms with E-state index in [1.165, 1.54) is 0 Å². The van der Waals surface area contributed by atoms with E-state index in [9.17, 15) is 9.90 Å². The number of aliphatic hydroxyl groups excluding tert-OH is 1. The molecule has 1 amide bonds. The first-order valence-corrected chi connectivity index (χ1v) is 6.90. The zero-order chi connectivity index (χ0) is 13.0. The molecular weight excluding hydrogens is 232 g/mol. The van der Waals surface area contributed by atoms with Crippen LogP contribution >= 0.6 is 0 Å². The average Bonchev–Trinajstić information content (AvgIpc) is 2.82. The fourth-order valence-corrected chi connectivity index (χ4v) is 2.94. The summed E-state index contributed by atoms with van der Waals surface area (Å²) in [7, 11) is 0. The molecule has 1 heterocycles. The first-order chi connectivity index (χ1) is 8.66. The zero-order valence-electron chi connectivity index (χ0n) is 10.9. The highest BCUT2D eigenvalue weighted by molar-refractivity contribution is 5.83. The SMILES string of the molecule is NCC1(C(=O)NCC2CCC(O)C2)CCOCC1. The summed E-state index contributed by atoms with van der Waals surface area (Å²) >= 11 is 0. The molecule has 1 aliphatic heterocycles. The third kappa shape index (κ3) is 3.02. The number of amides is 1. The molecule has 0 aromatic rings. The summed E-state index contributed by atoms with van der Waals surface area (Å²) in [5.74, 6) is 0.480. The van der Waals surface area contributed by atoms with E-state index in [-0.39, 0.29) is 12.0 Å². The van der Waals surface area contributed by atoms with Gasteiger partial charge >= 0.3 is 0 Å².